The quantitative estimate of drug-likeness (QED) is 0.427. The largest absolute Gasteiger partial charge is 0.494 e. The van der Waals surface area contributed by atoms with Crippen LogP contribution in [-0.4, -0.2) is 56.3 Å². The van der Waals surface area contributed by atoms with E-state index in [1.54, 1.807) is 18.2 Å². The van der Waals surface area contributed by atoms with Crippen LogP contribution in [0.4, 0.5) is 34.5 Å². The summed E-state index contributed by atoms with van der Waals surface area (Å²) in [5.74, 6) is 1.67. The Bertz CT molecular complexity index is 1340. The fourth-order valence-corrected chi connectivity index (χ4v) is 5.02. The van der Waals surface area contributed by atoms with Gasteiger partial charge in [-0.15, -0.1) is 0 Å². The van der Waals surface area contributed by atoms with Crippen molar-refractivity contribution in [2.75, 3.05) is 60.9 Å². The molecule has 0 atom stereocenters. The first-order valence-corrected chi connectivity index (χ1v) is 13.1. The maximum Gasteiger partial charge on any atom is 0.229 e. The predicted octanol–water partition coefficient (Wildman–Crippen LogP) is 5.50. The van der Waals surface area contributed by atoms with E-state index in [4.69, 9.17) is 21.1 Å². The van der Waals surface area contributed by atoms with E-state index < -0.39 is 0 Å². The number of methoxy groups -OCH3 is 1. The molecule has 0 radical (unpaired) electrons. The van der Waals surface area contributed by atoms with Crippen LogP contribution in [-0.2, 0) is 14.9 Å². The highest BCUT2D eigenvalue weighted by atomic mass is 35.5. The fraction of sp³-hybridized carbons (Fsp3) is 0.393. The zero-order valence-electron chi connectivity index (χ0n) is 22.2. The van der Waals surface area contributed by atoms with Crippen molar-refractivity contribution in [3.8, 4) is 5.75 Å². The van der Waals surface area contributed by atoms with Gasteiger partial charge in [-0.25, -0.2) is 4.98 Å². The van der Waals surface area contributed by atoms with Crippen LogP contribution in [0.5, 0.6) is 5.75 Å². The minimum Gasteiger partial charge on any atom is -0.494 e. The summed E-state index contributed by atoms with van der Waals surface area (Å²) >= 11 is 6.46. The van der Waals surface area contributed by atoms with Gasteiger partial charge in [0.15, 0.2) is 5.82 Å². The molecule has 1 aromatic heterocycles. The van der Waals surface area contributed by atoms with Gasteiger partial charge in [-0.1, -0.05) is 25.4 Å². The Labute approximate surface area is 228 Å². The molecule has 2 aromatic carbocycles. The minimum absolute atomic E-state index is 0.127. The number of benzene rings is 2. The van der Waals surface area contributed by atoms with Gasteiger partial charge in [-0.2, -0.15) is 4.98 Å². The highest BCUT2D eigenvalue weighted by molar-refractivity contribution is 6.33. The van der Waals surface area contributed by atoms with E-state index in [1.165, 1.54) is 0 Å². The molecule has 1 fully saturated rings. The molecule has 2 N–H and O–H groups in total. The number of nitrogens with one attached hydrogen (secondary N) is 2. The van der Waals surface area contributed by atoms with Crippen LogP contribution in [0.2, 0.25) is 5.02 Å². The normalized spacial score (nSPS) is 17.0. The first kappa shape index (κ1) is 26.1. The average molecular weight is 537 g/mol. The molecule has 0 spiro atoms. The molecule has 0 bridgehead atoms. The number of carbonyl (C=O) groups excluding carboxylic acids is 1. The number of nitrogens with zero attached hydrogens (tertiary/aromatic N) is 4. The Balaban J connectivity index is 1.38. The molecule has 38 heavy (non-hydrogen) atoms. The first-order valence-electron chi connectivity index (χ1n) is 12.7. The Morgan fingerprint density at radius 1 is 1.11 bits per heavy atom. The van der Waals surface area contributed by atoms with Crippen molar-refractivity contribution in [3.63, 3.8) is 0 Å². The molecule has 3 heterocycles. The maximum absolute atomic E-state index is 12.5. The van der Waals surface area contributed by atoms with Crippen molar-refractivity contribution >= 4 is 52.0 Å². The third kappa shape index (κ3) is 5.35. The van der Waals surface area contributed by atoms with Crippen LogP contribution >= 0.6 is 11.6 Å². The standard InChI is InChI=1S/C28H33ClN6O3/c1-28(2)10-9-25(36)34(3)23-8-5-18(15-20(23)28)31-27-30-17-21(29)26(33-27)32-22-7-6-19(16-24(22)37-4)35-11-13-38-14-12-35/h5-8,15-17H,9-14H2,1-4H3,(H2,30,31,32,33). The summed E-state index contributed by atoms with van der Waals surface area (Å²) in [6.45, 7) is 7.45. The van der Waals surface area contributed by atoms with Gasteiger partial charge >= 0.3 is 0 Å². The summed E-state index contributed by atoms with van der Waals surface area (Å²) in [5, 5.41) is 6.98. The smallest absolute Gasteiger partial charge is 0.229 e. The lowest BCUT2D eigenvalue weighted by Gasteiger charge is -2.29. The van der Waals surface area contributed by atoms with Gasteiger partial charge in [-0.3, -0.25) is 4.79 Å². The number of amides is 1. The van der Waals surface area contributed by atoms with Gasteiger partial charge in [0.05, 0.1) is 32.2 Å². The Hall–Kier alpha value is -3.56. The number of aromatic nitrogens is 2. The molecule has 10 heteroatoms. The minimum atomic E-state index is -0.148. The van der Waals surface area contributed by atoms with Crippen LogP contribution in [0.25, 0.3) is 0 Å². The molecule has 1 amide bonds. The average Bonchev–Trinajstić information content (AvgIpc) is 3.01. The monoisotopic (exact) mass is 536 g/mol. The molecule has 3 aromatic rings. The van der Waals surface area contributed by atoms with Crippen LogP contribution in [0, 0.1) is 0 Å². The molecule has 1 saturated heterocycles. The number of hydrogen-bond acceptors (Lipinski definition) is 8. The van der Waals surface area contributed by atoms with Crippen LogP contribution in [0.3, 0.4) is 0 Å². The Morgan fingerprint density at radius 3 is 2.66 bits per heavy atom. The highest BCUT2D eigenvalue weighted by Crippen LogP contribution is 2.40. The summed E-state index contributed by atoms with van der Waals surface area (Å²) in [7, 11) is 3.47. The van der Waals surface area contributed by atoms with Gasteiger partial charge < -0.3 is 29.9 Å². The van der Waals surface area contributed by atoms with Crippen molar-refractivity contribution in [1.29, 1.82) is 0 Å². The lowest BCUT2D eigenvalue weighted by Crippen LogP contribution is -2.36. The van der Waals surface area contributed by atoms with E-state index in [1.807, 2.05) is 37.4 Å². The van der Waals surface area contributed by atoms with Gasteiger partial charge in [-0.05, 0) is 47.7 Å². The molecule has 2 aliphatic heterocycles. The second-order valence-electron chi connectivity index (χ2n) is 10.2. The molecular formula is C28H33ClN6O3. The van der Waals surface area contributed by atoms with E-state index in [9.17, 15) is 4.79 Å². The van der Waals surface area contributed by atoms with Crippen molar-refractivity contribution in [3.05, 3.63) is 53.2 Å². The second kappa shape index (κ2) is 10.7. The lowest BCUT2D eigenvalue weighted by atomic mass is 9.80. The number of ether oxygens (including phenoxy) is 2. The number of morpholine rings is 1. The molecule has 5 rings (SSSR count). The number of rotatable bonds is 6. The van der Waals surface area contributed by atoms with Gasteiger partial charge in [0.1, 0.15) is 10.8 Å². The summed E-state index contributed by atoms with van der Waals surface area (Å²) in [4.78, 5) is 25.5. The van der Waals surface area contributed by atoms with E-state index >= 15 is 0 Å². The Morgan fingerprint density at radius 2 is 1.89 bits per heavy atom. The topological polar surface area (TPSA) is 91.8 Å². The van der Waals surface area contributed by atoms with Crippen molar-refractivity contribution in [2.45, 2.75) is 32.1 Å². The maximum atomic E-state index is 12.5. The van der Waals surface area contributed by atoms with Crippen molar-refractivity contribution in [2.24, 2.45) is 0 Å². The number of carbonyl (C=O) groups is 1. The lowest BCUT2D eigenvalue weighted by molar-refractivity contribution is -0.118. The van der Waals surface area contributed by atoms with E-state index in [0.29, 0.717) is 42.2 Å². The second-order valence-corrected chi connectivity index (χ2v) is 10.6. The van der Waals surface area contributed by atoms with Crippen molar-refractivity contribution < 1.29 is 14.3 Å². The van der Waals surface area contributed by atoms with Gasteiger partial charge in [0.2, 0.25) is 11.9 Å². The van der Waals surface area contributed by atoms with Crippen LogP contribution in [0.1, 0.15) is 32.3 Å². The zero-order valence-corrected chi connectivity index (χ0v) is 22.9. The fourth-order valence-electron chi connectivity index (χ4n) is 4.88. The molecule has 2 aliphatic rings. The molecule has 200 valence electrons. The van der Waals surface area contributed by atoms with E-state index in [0.717, 1.165) is 47.8 Å². The molecule has 0 aliphatic carbocycles. The first-order chi connectivity index (χ1) is 18.2. The van der Waals surface area contributed by atoms with Gasteiger partial charge in [0.25, 0.3) is 0 Å². The van der Waals surface area contributed by atoms with Crippen LogP contribution < -0.4 is 25.2 Å². The molecular weight excluding hydrogens is 504 g/mol. The summed E-state index contributed by atoms with van der Waals surface area (Å²) in [6.07, 6.45) is 2.87. The number of anilines is 6. The van der Waals surface area contributed by atoms with E-state index in [2.05, 4.69) is 45.4 Å². The predicted molar refractivity (Wildman–Crippen MR) is 152 cm³/mol. The third-order valence-electron chi connectivity index (χ3n) is 7.24. The molecule has 0 saturated carbocycles. The van der Waals surface area contributed by atoms with E-state index in [-0.39, 0.29) is 11.3 Å². The SMILES string of the molecule is COc1cc(N2CCOCC2)ccc1Nc1nc(Nc2ccc3c(c2)C(C)(C)CCC(=O)N3C)ncc1Cl. The number of halogens is 1. The highest BCUT2D eigenvalue weighted by Gasteiger charge is 2.31. The summed E-state index contributed by atoms with van der Waals surface area (Å²) in [6, 6.07) is 12.0. The Kier molecular flexibility index (Phi) is 7.32. The van der Waals surface area contributed by atoms with Crippen molar-refractivity contribution in [1.82, 2.24) is 9.97 Å². The number of hydrogen-bond donors (Lipinski definition) is 2. The third-order valence-corrected chi connectivity index (χ3v) is 7.52. The summed E-state index contributed by atoms with van der Waals surface area (Å²) < 4.78 is 11.1. The summed E-state index contributed by atoms with van der Waals surface area (Å²) in [5.41, 5.74) is 4.54. The molecule has 9 nitrogen and oxygen atoms in total. The zero-order chi connectivity index (χ0) is 26.9. The number of fused-ring (bicyclic) bond motifs is 1. The van der Waals surface area contributed by atoms with Gasteiger partial charge in [0, 0.05) is 49.7 Å². The molecule has 0 unspecified atom stereocenters. The van der Waals surface area contributed by atoms with Crippen LogP contribution in [0.15, 0.2) is 42.6 Å².